The van der Waals surface area contributed by atoms with Crippen molar-refractivity contribution in [1.29, 1.82) is 0 Å². The molecule has 4 nitrogen and oxygen atoms in total. The Kier molecular flexibility index (Phi) is 10.0. The first-order valence-electron chi connectivity index (χ1n) is 10.0. The Morgan fingerprint density at radius 1 is 0.625 bits per heavy atom. The van der Waals surface area contributed by atoms with Gasteiger partial charge in [0.25, 0.3) is 0 Å². The van der Waals surface area contributed by atoms with Gasteiger partial charge in [-0.2, -0.15) is 0 Å². The van der Waals surface area contributed by atoms with E-state index in [1.165, 1.54) is 64.2 Å². The highest BCUT2D eigenvalue weighted by Gasteiger charge is 2.17. The zero-order chi connectivity index (χ0) is 17.9. The van der Waals surface area contributed by atoms with Crippen molar-refractivity contribution in [3.63, 3.8) is 0 Å². The molecule has 0 aliphatic heterocycles. The van der Waals surface area contributed by atoms with Gasteiger partial charge in [0.2, 0.25) is 11.8 Å². The predicted molar refractivity (Wildman–Crippen MR) is 99.7 cm³/mol. The van der Waals surface area contributed by atoms with Crippen LogP contribution in [0.25, 0.3) is 0 Å². The molecule has 2 aliphatic rings. The summed E-state index contributed by atoms with van der Waals surface area (Å²) in [4.78, 5) is 22.6. The van der Waals surface area contributed by atoms with Gasteiger partial charge in [0.1, 0.15) is 0 Å². The van der Waals surface area contributed by atoms with E-state index in [-0.39, 0.29) is 23.7 Å². The summed E-state index contributed by atoms with van der Waals surface area (Å²) >= 11 is 0. The molecule has 0 aromatic rings. The highest BCUT2D eigenvalue weighted by Crippen LogP contribution is 2.18. The molecular formula is C20H38N2O2. The van der Waals surface area contributed by atoms with Gasteiger partial charge in [0.15, 0.2) is 0 Å². The molecule has 0 unspecified atom stereocenters. The molecule has 2 rings (SSSR count). The fraction of sp³-hybridized carbons (Fsp3) is 0.900. The fourth-order valence-electron chi connectivity index (χ4n) is 3.23. The topological polar surface area (TPSA) is 58.2 Å². The van der Waals surface area contributed by atoms with Crippen molar-refractivity contribution in [2.45, 2.75) is 104 Å². The standard InChI is InChI=1S/2C10H19NO/c2*1-8(2)10(12)11-9-6-4-3-5-7-9/h2*8-9H,3-7H2,1-2H3,(H,11,12). The van der Waals surface area contributed by atoms with Crippen molar-refractivity contribution >= 4 is 11.8 Å². The molecule has 2 amide bonds. The number of carbonyl (C=O) groups is 2. The Balaban J connectivity index is 0.000000240. The van der Waals surface area contributed by atoms with Crippen LogP contribution < -0.4 is 10.6 Å². The average Bonchev–Trinajstić information content (AvgIpc) is 2.57. The van der Waals surface area contributed by atoms with Crippen LogP contribution in [0.2, 0.25) is 0 Å². The summed E-state index contributed by atoms with van der Waals surface area (Å²) in [7, 11) is 0. The molecule has 0 bridgehead atoms. The third-order valence-electron chi connectivity index (χ3n) is 4.95. The first-order chi connectivity index (χ1) is 11.4. The molecule has 0 aromatic carbocycles. The normalized spacial score (nSPS) is 19.6. The van der Waals surface area contributed by atoms with Crippen molar-refractivity contribution in [2.24, 2.45) is 11.8 Å². The van der Waals surface area contributed by atoms with E-state index in [2.05, 4.69) is 10.6 Å². The van der Waals surface area contributed by atoms with E-state index in [4.69, 9.17) is 0 Å². The van der Waals surface area contributed by atoms with Crippen LogP contribution in [0, 0.1) is 11.8 Å². The molecule has 0 radical (unpaired) electrons. The first kappa shape index (κ1) is 21.0. The van der Waals surface area contributed by atoms with Crippen molar-refractivity contribution in [2.75, 3.05) is 0 Å². The lowest BCUT2D eigenvalue weighted by Gasteiger charge is -2.23. The minimum Gasteiger partial charge on any atom is -0.353 e. The number of carbonyl (C=O) groups excluding carboxylic acids is 2. The number of rotatable bonds is 4. The Bertz CT molecular complexity index is 332. The lowest BCUT2D eigenvalue weighted by Crippen LogP contribution is -2.38. The van der Waals surface area contributed by atoms with Gasteiger partial charge in [-0.05, 0) is 25.7 Å². The largest absolute Gasteiger partial charge is 0.353 e. The van der Waals surface area contributed by atoms with Gasteiger partial charge in [0.05, 0.1) is 0 Å². The van der Waals surface area contributed by atoms with Crippen LogP contribution in [-0.4, -0.2) is 23.9 Å². The Morgan fingerprint density at radius 2 is 0.917 bits per heavy atom. The van der Waals surface area contributed by atoms with Crippen LogP contribution in [0.1, 0.15) is 91.9 Å². The van der Waals surface area contributed by atoms with Crippen molar-refractivity contribution in [3.8, 4) is 0 Å². The summed E-state index contributed by atoms with van der Waals surface area (Å²) in [5.74, 6) is 0.683. The van der Waals surface area contributed by atoms with Crippen molar-refractivity contribution in [3.05, 3.63) is 0 Å². The SMILES string of the molecule is CC(C)C(=O)NC1CCCCC1.CC(C)C(=O)NC1CCCCC1. The van der Waals surface area contributed by atoms with E-state index in [9.17, 15) is 9.59 Å². The van der Waals surface area contributed by atoms with E-state index in [1.807, 2.05) is 27.7 Å². The molecular weight excluding hydrogens is 300 g/mol. The maximum atomic E-state index is 11.3. The summed E-state index contributed by atoms with van der Waals surface area (Å²) in [6.07, 6.45) is 12.5. The van der Waals surface area contributed by atoms with Gasteiger partial charge >= 0.3 is 0 Å². The monoisotopic (exact) mass is 338 g/mol. The summed E-state index contributed by atoms with van der Waals surface area (Å²) in [6.45, 7) is 7.77. The van der Waals surface area contributed by atoms with E-state index in [0.29, 0.717) is 12.1 Å². The number of nitrogens with one attached hydrogen (secondary N) is 2. The second-order valence-corrected chi connectivity index (χ2v) is 8.00. The van der Waals surface area contributed by atoms with Crippen LogP contribution in [0.5, 0.6) is 0 Å². The van der Waals surface area contributed by atoms with Crippen LogP contribution in [0.4, 0.5) is 0 Å². The first-order valence-corrected chi connectivity index (χ1v) is 10.0. The van der Waals surface area contributed by atoms with Gasteiger partial charge in [0, 0.05) is 23.9 Å². The number of hydrogen-bond donors (Lipinski definition) is 2. The predicted octanol–water partition coefficient (Wildman–Crippen LogP) is 4.18. The summed E-state index contributed by atoms with van der Waals surface area (Å²) in [5.41, 5.74) is 0. The molecule has 0 spiro atoms. The Hall–Kier alpha value is -1.06. The zero-order valence-electron chi connectivity index (χ0n) is 16.2. The Labute approximate surface area is 148 Å². The van der Waals surface area contributed by atoms with Gasteiger partial charge in [-0.1, -0.05) is 66.2 Å². The van der Waals surface area contributed by atoms with E-state index in [1.54, 1.807) is 0 Å². The summed E-state index contributed by atoms with van der Waals surface area (Å²) in [6, 6.07) is 0.933. The maximum Gasteiger partial charge on any atom is 0.222 e. The van der Waals surface area contributed by atoms with Gasteiger partial charge in [-0.15, -0.1) is 0 Å². The third kappa shape index (κ3) is 8.70. The number of amides is 2. The Morgan fingerprint density at radius 3 is 1.17 bits per heavy atom. The molecule has 0 atom stereocenters. The summed E-state index contributed by atoms with van der Waals surface area (Å²) < 4.78 is 0. The minimum absolute atomic E-state index is 0.131. The maximum absolute atomic E-state index is 11.3. The molecule has 140 valence electrons. The second-order valence-electron chi connectivity index (χ2n) is 8.00. The minimum atomic E-state index is 0.131. The molecule has 0 heterocycles. The molecule has 0 aromatic heterocycles. The molecule has 24 heavy (non-hydrogen) atoms. The summed E-state index contributed by atoms with van der Waals surface area (Å²) in [5, 5.41) is 6.16. The average molecular weight is 339 g/mol. The second kappa shape index (κ2) is 11.5. The van der Waals surface area contributed by atoms with Crippen molar-refractivity contribution < 1.29 is 9.59 Å². The molecule has 2 saturated carbocycles. The fourth-order valence-corrected chi connectivity index (χ4v) is 3.23. The molecule has 4 heteroatoms. The van der Waals surface area contributed by atoms with Gasteiger partial charge in [-0.25, -0.2) is 0 Å². The van der Waals surface area contributed by atoms with Crippen LogP contribution in [-0.2, 0) is 9.59 Å². The van der Waals surface area contributed by atoms with Gasteiger partial charge < -0.3 is 10.6 Å². The molecule has 2 aliphatic carbocycles. The number of hydrogen-bond acceptors (Lipinski definition) is 2. The molecule has 2 fully saturated rings. The third-order valence-corrected chi connectivity index (χ3v) is 4.95. The van der Waals surface area contributed by atoms with E-state index in [0.717, 1.165) is 0 Å². The zero-order valence-corrected chi connectivity index (χ0v) is 16.2. The quantitative estimate of drug-likeness (QED) is 0.808. The lowest BCUT2D eigenvalue weighted by molar-refractivity contribution is -0.125. The van der Waals surface area contributed by atoms with Crippen LogP contribution in [0.15, 0.2) is 0 Å². The molecule has 2 N–H and O–H groups in total. The van der Waals surface area contributed by atoms with Crippen LogP contribution in [0.3, 0.4) is 0 Å². The lowest BCUT2D eigenvalue weighted by atomic mass is 9.95. The molecule has 0 saturated heterocycles. The van der Waals surface area contributed by atoms with Gasteiger partial charge in [-0.3, -0.25) is 9.59 Å². The van der Waals surface area contributed by atoms with E-state index < -0.39 is 0 Å². The van der Waals surface area contributed by atoms with E-state index >= 15 is 0 Å². The highest BCUT2D eigenvalue weighted by molar-refractivity contribution is 5.78. The highest BCUT2D eigenvalue weighted by atomic mass is 16.2. The van der Waals surface area contributed by atoms with Crippen molar-refractivity contribution in [1.82, 2.24) is 10.6 Å². The van der Waals surface area contributed by atoms with Crippen LogP contribution >= 0.6 is 0 Å². The smallest absolute Gasteiger partial charge is 0.222 e.